The fourth-order valence-electron chi connectivity index (χ4n) is 3.18. The molecule has 28 heavy (non-hydrogen) atoms. The Hall–Kier alpha value is -3.32. The van der Waals surface area contributed by atoms with Gasteiger partial charge in [-0.25, -0.2) is 14.4 Å². The van der Waals surface area contributed by atoms with E-state index in [1.807, 2.05) is 30.3 Å². The highest BCUT2D eigenvalue weighted by atomic mass is 19.1. The summed E-state index contributed by atoms with van der Waals surface area (Å²) in [6.07, 6.45) is 4.60. The zero-order valence-electron chi connectivity index (χ0n) is 15.2. The summed E-state index contributed by atoms with van der Waals surface area (Å²) in [6, 6.07) is 12.4. The zero-order chi connectivity index (χ0) is 19.3. The van der Waals surface area contributed by atoms with Crippen molar-refractivity contribution < 1.29 is 9.18 Å². The van der Waals surface area contributed by atoms with Crippen molar-refractivity contribution in [2.24, 2.45) is 0 Å². The lowest BCUT2D eigenvalue weighted by Crippen LogP contribution is -2.24. The van der Waals surface area contributed by atoms with Gasteiger partial charge in [0.15, 0.2) is 0 Å². The van der Waals surface area contributed by atoms with Crippen LogP contribution in [0.4, 0.5) is 21.6 Å². The first-order valence-electron chi connectivity index (χ1n) is 9.16. The molecule has 1 aromatic heterocycles. The van der Waals surface area contributed by atoms with Crippen LogP contribution in [0.15, 0.2) is 60.4 Å². The predicted molar refractivity (Wildman–Crippen MR) is 108 cm³/mol. The molecule has 0 saturated carbocycles. The molecule has 3 N–H and O–H groups in total. The number of hydrogen-bond donors (Lipinski definition) is 3. The van der Waals surface area contributed by atoms with Gasteiger partial charge in [0.2, 0.25) is 5.91 Å². The molecule has 0 unspecified atom stereocenters. The Labute approximate surface area is 161 Å². The highest BCUT2D eigenvalue weighted by molar-refractivity contribution is 6.02. The molecule has 3 aromatic rings. The van der Waals surface area contributed by atoms with E-state index in [9.17, 15) is 9.18 Å². The van der Waals surface area contributed by atoms with E-state index in [2.05, 4.69) is 25.9 Å². The van der Waals surface area contributed by atoms with Gasteiger partial charge in [-0.1, -0.05) is 23.8 Å². The molecule has 2 heterocycles. The standard InChI is InChI=1S/C21H20FN5O/c22-17-12-18-16(21(25-13-24-18)26-15-4-2-1-3-5-15)11-19(17)27-20(28)10-14-6-8-23-9-7-14/h1-5,10-13,23H,6-9H2,(H,27,28)(H,24,25,26). The molecule has 1 amide bonds. The second kappa shape index (κ2) is 8.14. The SMILES string of the molecule is O=C(C=C1CCNCC1)Nc1cc2c(Nc3ccccc3)ncnc2cc1F. The maximum absolute atomic E-state index is 14.5. The molecule has 0 atom stereocenters. The second-order valence-electron chi connectivity index (χ2n) is 6.60. The van der Waals surface area contributed by atoms with Crippen molar-refractivity contribution in [2.75, 3.05) is 23.7 Å². The van der Waals surface area contributed by atoms with E-state index in [4.69, 9.17) is 0 Å². The molecule has 0 bridgehead atoms. The normalized spacial score (nSPS) is 14.0. The number of para-hydroxylation sites is 1. The summed E-state index contributed by atoms with van der Waals surface area (Å²) in [5, 5.41) is 9.72. The first kappa shape index (κ1) is 18.1. The molecular weight excluding hydrogens is 357 g/mol. The number of halogens is 1. The van der Waals surface area contributed by atoms with Gasteiger partial charge < -0.3 is 16.0 Å². The zero-order valence-corrected chi connectivity index (χ0v) is 15.2. The Morgan fingerprint density at radius 3 is 2.68 bits per heavy atom. The van der Waals surface area contributed by atoms with Crippen molar-refractivity contribution >= 4 is 34.0 Å². The van der Waals surface area contributed by atoms with Gasteiger partial charge in [0.25, 0.3) is 0 Å². The van der Waals surface area contributed by atoms with E-state index in [1.165, 1.54) is 12.4 Å². The van der Waals surface area contributed by atoms with E-state index in [0.717, 1.165) is 37.2 Å². The summed E-state index contributed by atoms with van der Waals surface area (Å²) in [6.45, 7) is 1.71. The van der Waals surface area contributed by atoms with Crippen molar-refractivity contribution in [1.29, 1.82) is 0 Å². The van der Waals surface area contributed by atoms with Crippen molar-refractivity contribution in [2.45, 2.75) is 12.8 Å². The van der Waals surface area contributed by atoms with Crippen LogP contribution < -0.4 is 16.0 Å². The number of piperidine rings is 1. The highest BCUT2D eigenvalue weighted by Crippen LogP contribution is 2.28. The lowest BCUT2D eigenvalue weighted by atomic mass is 10.1. The summed E-state index contributed by atoms with van der Waals surface area (Å²) >= 11 is 0. The molecule has 1 aliphatic rings. The van der Waals surface area contributed by atoms with Crippen LogP contribution in [0, 0.1) is 5.82 Å². The Balaban J connectivity index is 1.62. The number of amides is 1. The molecule has 0 aliphatic carbocycles. The van der Waals surface area contributed by atoms with Crippen molar-refractivity contribution in [1.82, 2.24) is 15.3 Å². The predicted octanol–water partition coefficient (Wildman–Crippen LogP) is 3.76. The van der Waals surface area contributed by atoms with Crippen LogP contribution in [0.5, 0.6) is 0 Å². The van der Waals surface area contributed by atoms with Crippen LogP contribution in [0.25, 0.3) is 10.9 Å². The smallest absolute Gasteiger partial charge is 0.248 e. The molecule has 1 fully saturated rings. The van der Waals surface area contributed by atoms with Crippen LogP contribution >= 0.6 is 0 Å². The Kier molecular flexibility index (Phi) is 5.25. The molecule has 6 nitrogen and oxygen atoms in total. The molecule has 142 valence electrons. The average molecular weight is 377 g/mol. The third-order valence-corrected chi connectivity index (χ3v) is 4.60. The van der Waals surface area contributed by atoms with Crippen LogP contribution in [0.2, 0.25) is 0 Å². The largest absolute Gasteiger partial charge is 0.340 e. The molecule has 0 radical (unpaired) electrons. The van der Waals surface area contributed by atoms with Gasteiger partial charge in [0.1, 0.15) is 18.0 Å². The molecule has 1 aliphatic heterocycles. The van der Waals surface area contributed by atoms with E-state index in [0.29, 0.717) is 16.7 Å². The van der Waals surface area contributed by atoms with Gasteiger partial charge in [0, 0.05) is 23.2 Å². The van der Waals surface area contributed by atoms with Gasteiger partial charge in [0.05, 0.1) is 11.2 Å². The summed E-state index contributed by atoms with van der Waals surface area (Å²) in [7, 11) is 0. The van der Waals surface area contributed by atoms with Crippen molar-refractivity contribution in [3.05, 3.63) is 66.3 Å². The number of anilines is 3. The monoisotopic (exact) mass is 377 g/mol. The minimum Gasteiger partial charge on any atom is -0.340 e. The Morgan fingerprint density at radius 1 is 1.11 bits per heavy atom. The number of rotatable bonds is 4. The lowest BCUT2D eigenvalue weighted by Gasteiger charge is -2.15. The average Bonchev–Trinajstić information content (AvgIpc) is 2.70. The fraction of sp³-hybridized carbons (Fsp3) is 0.190. The van der Waals surface area contributed by atoms with Crippen LogP contribution in [-0.2, 0) is 4.79 Å². The fourth-order valence-corrected chi connectivity index (χ4v) is 3.18. The number of carbonyl (C=O) groups excluding carboxylic acids is 1. The summed E-state index contributed by atoms with van der Waals surface area (Å²) in [4.78, 5) is 20.7. The number of nitrogens with one attached hydrogen (secondary N) is 3. The quantitative estimate of drug-likeness (QED) is 0.604. The molecular formula is C21H20FN5O. The van der Waals surface area contributed by atoms with Gasteiger partial charge in [-0.15, -0.1) is 0 Å². The maximum Gasteiger partial charge on any atom is 0.248 e. The lowest BCUT2D eigenvalue weighted by molar-refractivity contribution is -0.112. The number of aromatic nitrogens is 2. The van der Waals surface area contributed by atoms with Crippen molar-refractivity contribution in [3.63, 3.8) is 0 Å². The molecule has 2 aromatic carbocycles. The van der Waals surface area contributed by atoms with Gasteiger partial charge in [-0.05, 0) is 44.1 Å². The second-order valence-corrected chi connectivity index (χ2v) is 6.60. The topological polar surface area (TPSA) is 78.9 Å². The third-order valence-electron chi connectivity index (χ3n) is 4.60. The van der Waals surface area contributed by atoms with Crippen LogP contribution in [0.3, 0.4) is 0 Å². The molecule has 4 rings (SSSR count). The van der Waals surface area contributed by atoms with Crippen LogP contribution in [-0.4, -0.2) is 29.0 Å². The van der Waals surface area contributed by atoms with Crippen molar-refractivity contribution in [3.8, 4) is 0 Å². The Morgan fingerprint density at radius 2 is 1.89 bits per heavy atom. The maximum atomic E-state index is 14.5. The molecule has 7 heteroatoms. The first-order valence-corrected chi connectivity index (χ1v) is 9.16. The molecule has 1 saturated heterocycles. The summed E-state index contributed by atoms with van der Waals surface area (Å²) in [5.41, 5.74) is 2.48. The van der Waals surface area contributed by atoms with E-state index in [-0.39, 0.29) is 11.6 Å². The summed E-state index contributed by atoms with van der Waals surface area (Å²) < 4.78 is 14.5. The number of carbonyl (C=O) groups is 1. The number of benzene rings is 2. The summed E-state index contributed by atoms with van der Waals surface area (Å²) in [5.74, 6) is -0.318. The minimum absolute atomic E-state index is 0.106. The first-order chi connectivity index (χ1) is 13.7. The number of hydrogen-bond acceptors (Lipinski definition) is 5. The minimum atomic E-state index is -0.533. The number of fused-ring (bicyclic) bond motifs is 1. The number of nitrogens with zero attached hydrogens (tertiary/aromatic N) is 2. The van der Waals surface area contributed by atoms with Gasteiger partial charge in [-0.2, -0.15) is 0 Å². The van der Waals surface area contributed by atoms with E-state index in [1.54, 1.807) is 12.1 Å². The van der Waals surface area contributed by atoms with Crippen LogP contribution in [0.1, 0.15) is 12.8 Å². The molecule has 0 spiro atoms. The van der Waals surface area contributed by atoms with Gasteiger partial charge in [-0.3, -0.25) is 4.79 Å². The van der Waals surface area contributed by atoms with Gasteiger partial charge >= 0.3 is 0 Å². The Bertz CT molecular complexity index is 1030. The van der Waals surface area contributed by atoms with E-state index >= 15 is 0 Å². The third kappa shape index (κ3) is 4.15. The highest BCUT2D eigenvalue weighted by Gasteiger charge is 2.13. The van der Waals surface area contributed by atoms with E-state index < -0.39 is 5.82 Å².